The van der Waals surface area contributed by atoms with Crippen molar-refractivity contribution in [1.82, 2.24) is 4.37 Å². The van der Waals surface area contributed by atoms with E-state index < -0.39 is 35.0 Å². The van der Waals surface area contributed by atoms with E-state index in [0.29, 0.717) is 10.6 Å². The minimum Gasteiger partial charge on any atom is -0.483 e. The van der Waals surface area contributed by atoms with Crippen molar-refractivity contribution in [3.05, 3.63) is 69.1 Å². The van der Waals surface area contributed by atoms with E-state index >= 15 is 0 Å². The van der Waals surface area contributed by atoms with Crippen molar-refractivity contribution in [1.29, 1.82) is 0 Å². The highest BCUT2D eigenvalue weighted by atomic mass is 35.5. The smallest absolute Gasteiger partial charge is 0.427 e. The van der Waals surface area contributed by atoms with Crippen LogP contribution in [0.15, 0.2) is 36.4 Å². The molecule has 0 aliphatic rings. The second kappa shape index (κ2) is 8.64. The van der Waals surface area contributed by atoms with Gasteiger partial charge in [0.25, 0.3) is 0 Å². The van der Waals surface area contributed by atoms with Gasteiger partial charge in [-0.2, -0.15) is 17.5 Å². The van der Waals surface area contributed by atoms with Crippen molar-refractivity contribution in [2.75, 3.05) is 6.61 Å². The van der Waals surface area contributed by atoms with Crippen LogP contribution in [0.5, 0.6) is 5.75 Å². The van der Waals surface area contributed by atoms with Gasteiger partial charge in [0, 0.05) is 22.8 Å². The maximum absolute atomic E-state index is 14.2. The molecule has 1 heterocycles. The predicted molar refractivity (Wildman–Crippen MR) is 99.0 cm³/mol. The van der Waals surface area contributed by atoms with Gasteiger partial charge in [-0.1, -0.05) is 23.7 Å². The van der Waals surface area contributed by atoms with Gasteiger partial charge < -0.3 is 9.84 Å². The summed E-state index contributed by atoms with van der Waals surface area (Å²) in [5.74, 6) is -2.94. The van der Waals surface area contributed by atoms with E-state index in [0.717, 1.165) is 12.1 Å². The fourth-order valence-electron chi connectivity index (χ4n) is 2.67. The lowest BCUT2D eigenvalue weighted by atomic mass is 10.1. The first-order chi connectivity index (χ1) is 13.7. The average molecular weight is 450 g/mol. The number of aliphatic hydroxyl groups is 1. The van der Waals surface area contributed by atoms with Crippen LogP contribution >= 0.6 is 23.1 Å². The minimum atomic E-state index is -4.71. The first-order valence-electron chi connectivity index (χ1n) is 8.24. The second-order valence-electron chi connectivity index (χ2n) is 5.99. The number of ether oxygens (including phenoxy) is 1. The largest absolute Gasteiger partial charge is 0.483 e. The third-order valence-corrected chi connectivity index (χ3v) is 5.17. The highest BCUT2D eigenvalue weighted by molar-refractivity contribution is 7.06. The summed E-state index contributed by atoms with van der Waals surface area (Å²) >= 11 is 6.04. The predicted octanol–water partition coefficient (Wildman–Crippen LogP) is 5.87. The lowest BCUT2D eigenvalue weighted by molar-refractivity contribution is -0.135. The van der Waals surface area contributed by atoms with Crippen molar-refractivity contribution in [2.24, 2.45) is 0 Å². The molecule has 0 aliphatic carbocycles. The van der Waals surface area contributed by atoms with Gasteiger partial charge in [-0.25, -0.2) is 8.78 Å². The number of aliphatic hydroxyl groups excluding tert-OH is 1. The molecule has 3 rings (SSSR count). The van der Waals surface area contributed by atoms with Crippen molar-refractivity contribution in [2.45, 2.75) is 19.2 Å². The Morgan fingerprint density at radius 1 is 1.07 bits per heavy atom. The van der Waals surface area contributed by atoms with E-state index in [9.17, 15) is 22.0 Å². The molecule has 0 bridgehead atoms. The number of halogens is 6. The summed E-state index contributed by atoms with van der Waals surface area (Å²) < 4.78 is 77.5. The van der Waals surface area contributed by atoms with Crippen LogP contribution in [0.25, 0.3) is 11.3 Å². The van der Waals surface area contributed by atoms with Crippen molar-refractivity contribution < 1.29 is 31.8 Å². The summed E-state index contributed by atoms with van der Waals surface area (Å²) in [4.78, 5) is -1.01. The SMILES string of the molecule is OCCc1cc(F)c(OCc2c(-c3ccc(Cl)cc3)nsc2C(F)(F)F)c(F)c1. The van der Waals surface area contributed by atoms with E-state index in [1.807, 2.05) is 0 Å². The lowest BCUT2D eigenvalue weighted by Crippen LogP contribution is -2.09. The minimum absolute atomic E-state index is 0.00305. The molecule has 29 heavy (non-hydrogen) atoms. The molecule has 1 N–H and O–H groups in total. The molecule has 10 heteroatoms. The van der Waals surface area contributed by atoms with Crippen LogP contribution in [0.4, 0.5) is 22.0 Å². The fourth-order valence-corrected chi connectivity index (χ4v) is 3.56. The van der Waals surface area contributed by atoms with E-state index in [-0.39, 0.29) is 41.4 Å². The van der Waals surface area contributed by atoms with Crippen LogP contribution in [-0.2, 0) is 19.2 Å². The molecule has 0 radical (unpaired) electrons. The lowest BCUT2D eigenvalue weighted by Gasteiger charge is -2.13. The Morgan fingerprint density at radius 2 is 1.69 bits per heavy atom. The molecular formula is C19H13ClF5NO2S. The maximum atomic E-state index is 14.2. The van der Waals surface area contributed by atoms with Gasteiger partial charge in [0.2, 0.25) is 0 Å². The monoisotopic (exact) mass is 449 g/mol. The third kappa shape index (κ3) is 4.85. The van der Waals surface area contributed by atoms with Gasteiger partial charge in [-0.3, -0.25) is 0 Å². The summed E-state index contributed by atoms with van der Waals surface area (Å²) in [6.45, 7) is -1.05. The summed E-state index contributed by atoms with van der Waals surface area (Å²) in [6.07, 6.45) is -4.68. The van der Waals surface area contributed by atoms with Crippen molar-refractivity contribution in [3.8, 4) is 17.0 Å². The Labute approximate surface area is 171 Å². The van der Waals surface area contributed by atoms with Gasteiger partial charge >= 0.3 is 6.18 Å². The molecule has 3 nitrogen and oxygen atoms in total. The van der Waals surface area contributed by atoms with Crippen molar-refractivity contribution >= 4 is 23.1 Å². The molecule has 2 aromatic carbocycles. The Bertz CT molecular complexity index is 982. The number of benzene rings is 2. The van der Waals surface area contributed by atoms with Crippen LogP contribution in [0, 0.1) is 11.6 Å². The van der Waals surface area contributed by atoms with Gasteiger partial charge in [0.05, 0.1) is 5.69 Å². The number of hydrogen-bond acceptors (Lipinski definition) is 4. The maximum Gasteiger partial charge on any atom is 0.427 e. The number of alkyl halides is 3. The first-order valence-corrected chi connectivity index (χ1v) is 9.39. The summed E-state index contributed by atoms with van der Waals surface area (Å²) in [5.41, 5.74) is 0.226. The summed E-state index contributed by atoms with van der Waals surface area (Å²) in [5, 5.41) is 9.26. The topological polar surface area (TPSA) is 42.4 Å². The van der Waals surface area contributed by atoms with Gasteiger partial charge in [0.1, 0.15) is 11.5 Å². The average Bonchev–Trinajstić information content (AvgIpc) is 3.06. The van der Waals surface area contributed by atoms with Gasteiger partial charge in [0.15, 0.2) is 17.4 Å². The Morgan fingerprint density at radius 3 is 2.24 bits per heavy atom. The molecule has 0 aliphatic heterocycles. The van der Waals surface area contributed by atoms with E-state index in [1.54, 1.807) is 0 Å². The second-order valence-corrected chi connectivity index (χ2v) is 7.20. The number of hydrogen-bond donors (Lipinski definition) is 1. The Balaban J connectivity index is 1.96. The van der Waals surface area contributed by atoms with Crippen LogP contribution < -0.4 is 4.74 Å². The standard InChI is InChI=1S/C19H13ClF5NO2S/c20-12-3-1-11(2-4-12)16-13(18(29-26-16)19(23,24)25)9-28-17-14(21)7-10(5-6-27)8-15(17)22/h1-4,7-8,27H,5-6,9H2. The zero-order valence-electron chi connectivity index (χ0n) is 14.6. The zero-order chi connectivity index (χ0) is 21.2. The van der Waals surface area contributed by atoms with Crippen LogP contribution in [0.3, 0.4) is 0 Å². The highest BCUT2D eigenvalue weighted by Crippen LogP contribution is 2.40. The molecule has 0 amide bonds. The summed E-state index contributed by atoms with van der Waals surface area (Å²) in [6, 6.07) is 7.90. The van der Waals surface area contributed by atoms with E-state index in [4.69, 9.17) is 21.4 Å². The normalized spacial score (nSPS) is 11.7. The molecule has 3 aromatic rings. The van der Waals surface area contributed by atoms with Crippen LogP contribution in [0.2, 0.25) is 5.02 Å². The number of rotatable bonds is 6. The zero-order valence-corrected chi connectivity index (χ0v) is 16.1. The third-order valence-electron chi connectivity index (χ3n) is 3.98. The highest BCUT2D eigenvalue weighted by Gasteiger charge is 2.38. The molecule has 0 spiro atoms. The van der Waals surface area contributed by atoms with E-state index in [1.165, 1.54) is 24.3 Å². The molecular weight excluding hydrogens is 437 g/mol. The molecule has 0 fully saturated rings. The van der Waals surface area contributed by atoms with Crippen LogP contribution in [0.1, 0.15) is 16.0 Å². The van der Waals surface area contributed by atoms with Gasteiger partial charge in [-0.05, 0) is 47.8 Å². The number of nitrogens with zero attached hydrogens (tertiary/aromatic N) is 1. The Kier molecular flexibility index (Phi) is 6.40. The van der Waals surface area contributed by atoms with Crippen LogP contribution in [-0.4, -0.2) is 16.1 Å². The first kappa shape index (κ1) is 21.5. The Hall–Kier alpha value is -2.23. The van der Waals surface area contributed by atoms with E-state index in [2.05, 4.69) is 4.37 Å². The molecule has 0 saturated heterocycles. The van der Waals surface area contributed by atoms with Crippen molar-refractivity contribution in [3.63, 3.8) is 0 Å². The number of aromatic nitrogens is 1. The quantitative estimate of drug-likeness (QED) is 0.478. The molecule has 154 valence electrons. The fraction of sp³-hybridized carbons (Fsp3) is 0.211. The van der Waals surface area contributed by atoms with Gasteiger partial charge in [-0.15, -0.1) is 0 Å². The molecule has 0 atom stereocenters. The molecule has 1 aromatic heterocycles. The molecule has 0 saturated carbocycles. The summed E-state index contributed by atoms with van der Waals surface area (Å²) in [7, 11) is 0. The molecule has 0 unspecified atom stereocenters.